The molecule has 6 nitrogen and oxygen atoms in total. The van der Waals surface area contributed by atoms with E-state index >= 15 is 0 Å². The van der Waals surface area contributed by atoms with Gasteiger partial charge in [-0.3, -0.25) is 4.72 Å². The van der Waals surface area contributed by atoms with Gasteiger partial charge in [0, 0.05) is 10.8 Å². The molecule has 0 amide bonds. The molecule has 0 aliphatic carbocycles. The summed E-state index contributed by atoms with van der Waals surface area (Å²) < 4.78 is 32.9. The molecule has 0 saturated heterocycles. The summed E-state index contributed by atoms with van der Waals surface area (Å²) in [6, 6.07) is 11.8. The molecular formula is C18H14Cl3N3O3S2. The number of methoxy groups -OCH3 is 1. The lowest BCUT2D eigenvalue weighted by molar-refractivity contribution is 0.394. The molecule has 1 aromatic heterocycles. The van der Waals surface area contributed by atoms with Gasteiger partial charge in [0.05, 0.1) is 23.4 Å². The molecule has 1 heterocycles. The quantitative estimate of drug-likeness (QED) is 0.438. The van der Waals surface area contributed by atoms with E-state index in [0.717, 1.165) is 5.56 Å². The van der Waals surface area contributed by atoms with Gasteiger partial charge in [-0.2, -0.15) is 0 Å². The van der Waals surface area contributed by atoms with E-state index in [4.69, 9.17) is 39.5 Å². The van der Waals surface area contributed by atoms with E-state index < -0.39 is 10.0 Å². The van der Waals surface area contributed by atoms with Crippen molar-refractivity contribution in [3.8, 4) is 5.88 Å². The standard InChI is InChI=1S/C18H14Cl3N3O3S2/c1-27-18-17(24-29(25,26)14-8-4-7-13(20)16(14)21)22-9-15(23-18)28-10-11-5-2-3-6-12(11)19/h2-9H,10H2,1H3,(H,22,24). The van der Waals surface area contributed by atoms with E-state index in [1.54, 1.807) is 0 Å². The summed E-state index contributed by atoms with van der Waals surface area (Å²) in [5.41, 5.74) is 0.945. The number of halogens is 3. The first-order chi connectivity index (χ1) is 13.8. The Hall–Kier alpha value is -1.71. The highest BCUT2D eigenvalue weighted by Crippen LogP contribution is 2.32. The van der Waals surface area contributed by atoms with Crippen molar-refractivity contribution in [3.05, 3.63) is 69.3 Å². The summed E-state index contributed by atoms with van der Waals surface area (Å²) >= 11 is 19.5. The number of sulfonamides is 1. The lowest BCUT2D eigenvalue weighted by Crippen LogP contribution is -2.15. The second-order valence-electron chi connectivity index (χ2n) is 5.60. The molecule has 0 aliphatic rings. The third kappa shape index (κ3) is 5.26. The van der Waals surface area contributed by atoms with E-state index in [-0.39, 0.29) is 26.6 Å². The summed E-state index contributed by atoms with van der Waals surface area (Å²) in [5, 5.41) is 1.24. The SMILES string of the molecule is COc1nc(SCc2ccccc2Cl)cnc1NS(=O)(=O)c1cccc(Cl)c1Cl. The van der Waals surface area contributed by atoms with Gasteiger partial charge >= 0.3 is 0 Å². The largest absolute Gasteiger partial charge is 0.478 e. The van der Waals surface area contributed by atoms with Gasteiger partial charge in [0.2, 0.25) is 5.82 Å². The first-order valence-electron chi connectivity index (χ1n) is 8.06. The number of ether oxygens (including phenoxy) is 1. The van der Waals surface area contributed by atoms with Gasteiger partial charge in [-0.1, -0.05) is 70.8 Å². The fraction of sp³-hybridized carbons (Fsp3) is 0.111. The van der Waals surface area contributed by atoms with Crippen LogP contribution >= 0.6 is 46.6 Å². The highest BCUT2D eigenvalue weighted by Gasteiger charge is 2.22. The number of rotatable bonds is 7. The van der Waals surface area contributed by atoms with Gasteiger partial charge in [-0.05, 0) is 23.8 Å². The number of nitrogens with zero attached hydrogens (tertiary/aromatic N) is 2. The minimum Gasteiger partial charge on any atom is -0.478 e. The van der Waals surface area contributed by atoms with E-state index in [2.05, 4.69) is 14.7 Å². The van der Waals surface area contributed by atoms with Gasteiger partial charge in [0.15, 0.2) is 0 Å². The highest BCUT2D eigenvalue weighted by atomic mass is 35.5. The zero-order valence-electron chi connectivity index (χ0n) is 14.9. The number of nitrogens with one attached hydrogen (secondary N) is 1. The summed E-state index contributed by atoms with van der Waals surface area (Å²) in [6.07, 6.45) is 1.45. The molecule has 0 saturated carbocycles. The molecule has 3 aromatic rings. The molecule has 0 atom stereocenters. The molecule has 0 radical (unpaired) electrons. The maximum atomic E-state index is 12.7. The highest BCUT2D eigenvalue weighted by molar-refractivity contribution is 7.98. The van der Waals surface area contributed by atoms with Crippen LogP contribution in [0.15, 0.2) is 58.6 Å². The number of aromatic nitrogens is 2. The Morgan fingerprint density at radius 2 is 1.79 bits per heavy atom. The topological polar surface area (TPSA) is 81.2 Å². The smallest absolute Gasteiger partial charge is 0.264 e. The third-order valence-electron chi connectivity index (χ3n) is 3.68. The zero-order chi connectivity index (χ0) is 21.0. The first kappa shape index (κ1) is 22.0. The Balaban J connectivity index is 1.82. The maximum Gasteiger partial charge on any atom is 0.264 e. The summed E-state index contributed by atoms with van der Waals surface area (Å²) in [7, 11) is -2.67. The zero-order valence-corrected chi connectivity index (χ0v) is 18.8. The van der Waals surface area contributed by atoms with Crippen molar-refractivity contribution in [3.63, 3.8) is 0 Å². The Morgan fingerprint density at radius 3 is 2.52 bits per heavy atom. The molecule has 0 aliphatic heterocycles. The number of hydrogen-bond acceptors (Lipinski definition) is 6. The molecule has 3 rings (SSSR count). The third-order valence-corrected chi connectivity index (χ3v) is 7.31. The van der Waals surface area contributed by atoms with E-state index in [1.165, 1.54) is 43.3 Å². The van der Waals surface area contributed by atoms with E-state index in [0.29, 0.717) is 15.8 Å². The van der Waals surface area contributed by atoms with E-state index in [1.807, 2.05) is 24.3 Å². The van der Waals surface area contributed by atoms with Crippen molar-refractivity contribution in [2.75, 3.05) is 11.8 Å². The van der Waals surface area contributed by atoms with Gasteiger partial charge in [0.1, 0.15) is 9.92 Å². The van der Waals surface area contributed by atoms with Crippen LogP contribution in [0, 0.1) is 0 Å². The fourth-order valence-electron chi connectivity index (χ4n) is 2.28. The second kappa shape index (κ2) is 9.40. The molecule has 0 unspecified atom stereocenters. The van der Waals surface area contributed by atoms with Crippen molar-refractivity contribution in [1.29, 1.82) is 0 Å². The summed E-state index contributed by atoms with van der Waals surface area (Å²) in [5.74, 6) is 0.530. The van der Waals surface area contributed by atoms with Crippen molar-refractivity contribution in [2.45, 2.75) is 15.7 Å². The maximum absolute atomic E-state index is 12.7. The Bertz CT molecular complexity index is 1140. The summed E-state index contributed by atoms with van der Waals surface area (Å²) in [4.78, 5) is 8.27. The van der Waals surface area contributed by atoms with Crippen molar-refractivity contribution >= 4 is 62.4 Å². The average molecular weight is 491 g/mol. The first-order valence-corrected chi connectivity index (χ1v) is 11.7. The van der Waals surface area contributed by atoms with Crippen LogP contribution in [0.2, 0.25) is 15.1 Å². The number of benzene rings is 2. The van der Waals surface area contributed by atoms with Crippen LogP contribution in [0.4, 0.5) is 5.82 Å². The van der Waals surface area contributed by atoms with Gasteiger partial charge in [0.25, 0.3) is 15.9 Å². The van der Waals surface area contributed by atoms with Gasteiger partial charge in [-0.25, -0.2) is 18.4 Å². The van der Waals surface area contributed by atoms with Crippen LogP contribution in [0.3, 0.4) is 0 Å². The Labute approximate surface area is 187 Å². The average Bonchev–Trinajstić information content (AvgIpc) is 2.70. The molecule has 0 bridgehead atoms. The molecule has 0 fully saturated rings. The fourth-order valence-corrected chi connectivity index (χ4v) is 5.16. The number of anilines is 1. The molecule has 1 N–H and O–H groups in total. The van der Waals surface area contributed by atoms with Crippen LogP contribution in [0.25, 0.3) is 0 Å². The molecule has 152 valence electrons. The van der Waals surface area contributed by atoms with Crippen LogP contribution < -0.4 is 9.46 Å². The lowest BCUT2D eigenvalue weighted by Gasteiger charge is -2.12. The number of hydrogen-bond donors (Lipinski definition) is 1. The van der Waals surface area contributed by atoms with Crippen molar-refractivity contribution < 1.29 is 13.2 Å². The monoisotopic (exact) mass is 489 g/mol. The lowest BCUT2D eigenvalue weighted by atomic mass is 10.2. The Morgan fingerprint density at radius 1 is 1.07 bits per heavy atom. The van der Waals surface area contributed by atoms with E-state index in [9.17, 15) is 8.42 Å². The summed E-state index contributed by atoms with van der Waals surface area (Å²) in [6.45, 7) is 0. The predicted octanol–water partition coefficient (Wildman–Crippen LogP) is 5.54. The molecule has 2 aromatic carbocycles. The number of thioether (sulfide) groups is 1. The minimum absolute atomic E-state index is 0.0240. The van der Waals surface area contributed by atoms with Crippen LogP contribution in [0.5, 0.6) is 5.88 Å². The molecule has 0 spiro atoms. The van der Waals surface area contributed by atoms with Crippen LogP contribution in [0.1, 0.15) is 5.56 Å². The predicted molar refractivity (Wildman–Crippen MR) is 117 cm³/mol. The second-order valence-corrected chi connectivity index (χ2v) is 9.44. The van der Waals surface area contributed by atoms with Gasteiger partial charge < -0.3 is 4.74 Å². The molecular weight excluding hydrogens is 477 g/mol. The van der Waals surface area contributed by atoms with Crippen molar-refractivity contribution in [1.82, 2.24) is 9.97 Å². The Kier molecular flexibility index (Phi) is 7.13. The van der Waals surface area contributed by atoms with Crippen molar-refractivity contribution in [2.24, 2.45) is 0 Å². The molecule has 11 heteroatoms. The van der Waals surface area contributed by atoms with Crippen LogP contribution in [-0.2, 0) is 15.8 Å². The minimum atomic E-state index is -4.05. The van der Waals surface area contributed by atoms with Crippen LogP contribution in [-0.4, -0.2) is 25.5 Å². The molecule has 29 heavy (non-hydrogen) atoms. The normalized spacial score (nSPS) is 11.3. The van der Waals surface area contributed by atoms with Gasteiger partial charge in [-0.15, -0.1) is 0 Å².